The number of benzene rings is 2. The fourth-order valence-corrected chi connectivity index (χ4v) is 2.70. The third-order valence-electron chi connectivity index (χ3n) is 3.90. The largest absolute Gasteiger partial charge is 0.493 e. The van der Waals surface area contributed by atoms with Gasteiger partial charge in [-0.05, 0) is 47.4 Å². The monoisotopic (exact) mass is 399 g/mol. The van der Waals surface area contributed by atoms with Gasteiger partial charge in [0.1, 0.15) is 11.6 Å². The Hall–Kier alpha value is -2.70. The van der Waals surface area contributed by atoms with Gasteiger partial charge in [0.25, 0.3) is 0 Å². The summed E-state index contributed by atoms with van der Waals surface area (Å²) in [6.07, 6.45) is 0. The van der Waals surface area contributed by atoms with Gasteiger partial charge in [-0.2, -0.15) is 4.98 Å². The van der Waals surface area contributed by atoms with Crippen LogP contribution in [-0.2, 0) is 6.61 Å². The molecule has 0 aliphatic heterocycles. The van der Waals surface area contributed by atoms with E-state index in [4.69, 9.17) is 16.3 Å². The van der Waals surface area contributed by atoms with Crippen LogP contribution in [0.15, 0.2) is 47.3 Å². The average Bonchev–Trinajstić information content (AvgIpc) is 2.66. The number of hydrogen-bond donors (Lipinski definition) is 2. The predicted octanol–water partition coefficient (Wildman–Crippen LogP) is 4.07. The number of aliphatic hydroxyl groups excluding tert-OH is 1. The molecule has 0 amide bonds. The summed E-state index contributed by atoms with van der Waals surface area (Å²) in [5.41, 5.74) is 1.41. The molecule has 0 aliphatic rings. The zero-order chi connectivity index (χ0) is 20.3. The number of nitrogens with one attached hydrogen (secondary N) is 1. The Morgan fingerprint density at radius 2 is 1.82 bits per heavy atom. The molecule has 7 heteroatoms. The van der Waals surface area contributed by atoms with E-state index in [0.29, 0.717) is 34.1 Å². The van der Waals surface area contributed by atoms with E-state index in [0.717, 1.165) is 5.75 Å². The third-order valence-corrected chi connectivity index (χ3v) is 4.23. The number of halogens is 1. The van der Waals surface area contributed by atoms with Gasteiger partial charge in [0.05, 0.1) is 18.2 Å². The van der Waals surface area contributed by atoms with Crippen LogP contribution in [0, 0.1) is 5.41 Å². The van der Waals surface area contributed by atoms with Gasteiger partial charge in [0.2, 0.25) is 0 Å². The van der Waals surface area contributed by atoms with Gasteiger partial charge in [0.15, 0.2) is 5.82 Å². The maximum Gasteiger partial charge on any atom is 0.348 e. The van der Waals surface area contributed by atoms with Crippen molar-refractivity contribution in [3.63, 3.8) is 0 Å². The summed E-state index contributed by atoms with van der Waals surface area (Å²) >= 11 is 6.25. The molecule has 1 aromatic heterocycles. The Kier molecular flexibility index (Phi) is 5.82. The smallest absolute Gasteiger partial charge is 0.348 e. The number of aromatic nitrogens is 3. The lowest BCUT2D eigenvalue weighted by atomic mass is 9.99. The molecule has 0 aliphatic carbocycles. The topological polar surface area (TPSA) is 88.1 Å². The van der Waals surface area contributed by atoms with Crippen LogP contribution in [0.2, 0.25) is 5.02 Å². The molecule has 3 aromatic rings. The van der Waals surface area contributed by atoms with Crippen molar-refractivity contribution in [2.75, 3.05) is 6.61 Å². The number of ether oxygens (including phenoxy) is 1. The predicted molar refractivity (Wildman–Crippen MR) is 109 cm³/mol. The van der Waals surface area contributed by atoms with Gasteiger partial charge in [-0.25, -0.2) is 9.78 Å². The summed E-state index contributed by atoms with van der Waals surface area (Å²) in [5, 5.41) is 9.77. The number of aliphatic hydroxyl groups is 1. The van der Waals surface area contributed by atoms with E-state index < -0.39 is 5.69 Å². The van der Waals surface area contributed by atoms with Crippen molar-refractivity contribution < 1.29 is 9.84 Å². The highest BCUT2D eigenvalue weighted by Gasteiger charge is 2.13. The zero-order valence-electron chi connectivity index (χ0n) is 16.0. The van der Waals surface area contributed by atoms with Gasteiger partial charge in [-0.1, -0.05) is 38.4 Å². The van der Waals surface area contributed by atoms with Gasteiger partial charge in [-0.15, -0.1) is 0 Å². The van der Waals surface area contributed by atoms with E-state index in [9.17, 15) is 9.90 Å². The van der Waals surface area contributed by atoms with Crippen molar-refractivity contribution in [1.82, 2.24) is 15.0 Å². The lowest BCUT2D eigenvalue weighted by Gasteiger charge is -2.18. The second-order valence-corrected chi connectivity index (χ2v) is 8.08. The number of rotatable bonds is 5. The first-order chi connectivity index (χ1) is 13.2. The highest BCUT2D eigenvalue weighted by molar-refractivity contribution is 6.33. The number of H-pyrrole nitrogens is 1. The van der Waals surface area contributed by atoms with E-state index in [1.165, 1.54) is 0 Å². The molecule has 0 atom stereocenters. The molecule has 0 spiro atoms. The second kappa shape index (κ2) is 8.12. The Balaban J connectivity index is 1.93. The Bertz CT molecular complexity index is 1020. The molecule has 3 rings (SSSR count). The van der Waals surface area contributed by atoms with Gasteiger partial charge < -0.3 is 9.84 Å². The molecule has 146 valence electrons. The molecule has 0 saturated heterocycles. The van der Waals surface area contributed by atoms with Crippen molar-refractivity contribution in [1.29, 1.82) is 0 Å². The standard InChI is InChI=1S/C21H22ClN3O3/c1-21(2,3)12-28-15-7-5-14(6-8-15)18-23-19(25-20(27)24-18)16-10-13(11-26)4-9-17(16)22/h4-10,26H,11-12H2,1-3H3,(H,23,24,25,27). The van der Waals surface area contributed by atoms with Crippen LogP contribution in [0.1, 0.15) is 26.3 Å². The molecule has 0 radical (unpaired) electrons. The lowest BCUT2D eigenvalue weighted by molar-refractivity contribution is 0.198. The van der Waals surface area contributed by atoms with Crippen LogP contribution >= 0.6 is 11.6 Å². The van der Waals surface area contributed by atoms with Gasteiger partial charge in [0, 0.05) is 11.1 Å². The van der Waals surface area contributed by atoms with Crippen molar-refractivity contribution >= 4 is 11.6 Å². The molecular formula is C21H22ClN3O3. The molecular weight excluding hydrogens is 378 g/mol. The number of nitrogens with zero attached hydrogens (tertiary/aromatic N) is 2. The maximum atomic E-state index is 12.1. The zero-order valence-corrected chi connectivity index (χ0v) is 16.7. The first-order valence-corrected chi connectivity index (χ1v) is 9.24. The van der Waals surface area contributed by atoms with E-state index in [-0.39, 0.29) is 17.8 Å². The van der Waals surface area contributed by atoms with Crippen molar-refractivity contribution in [3.05, 3.63) is 63.5 Å². The highest BCUT2D eigenvalue weighted by Crippen LogP contribution is 2.27. The molecule has 2 N–H and O–H groups in total. The Morgan fingerprint density at radius 3 is 2.46 bits per heavy atom. The van der Waals surface area contributed by atoms with Gasteiger partial charge >= 0.3 is 5.69 Å². The minimum absolute atomic E-state index is 0.0613. The van der Waals surface area contributed by atoms with E-state index in [2.05, 4.69) is 35.7 Å². The third kappa shape index (κ3) is 4.97. The fraction of sp³-hybridized carbons (Fsp3) is 0.286. The molecule has 6 nitrogen and oxygen atoms in total. The molecule has 0 fully saturated rings. The van der Waals surface area contributed by atoms with E-state index >= 15 is 0 Å². The van der Waals surface area contributed by atoms with Crippen molar-refractivity contribution in [2.45, 2.75) is 27.4 Å². The minimum Gasteiger partial charge on any atom is -0.493 e. The lowest BCUT2D eigenvalue weighted by Crippen LogP contribution is -2.16. The second-order valence-electron chi connectivity index (χ2n) is 7.67. The van der Waals surface area contributed by atoms with Crippen LogP contribution in [0.3, 0.4) is 0 Å². The van der Waals surface area contributed by atoms with Gasteiger partial charge in [-0.3, -0.25) is 4.98 Å². The molecule has 0 saturated carbocycles. The van der Waals surface area contributed by atoms with E-state index in [1.807, 2.05) is 24.3 Å². The molecule has 2 aromatic carbocycles. The highest BCUT2D eigenvalue weighted by atomic mass is 35.5. The summed E-state index contributed by atoms with van der Waals surface area (Å²) < 4.78 is 5.77. The molecule has 0 unspecified atom stereocenters. The summed E-state index contributed by atoms with van der Waals surface area (Å²) in [7, 11) is 0. The van der Waals surface area contributed by atoms with Crippen molar-refractivity contribution in [2.24, 2.45) is 5.41 Å². The normalized spacial score (nSPS) is 11.5. The SMILES string of the molecule is CC(C)(C)COc1ccc(-c2nc(-c3cc(CO)ccc3Cl)[nH]c(=O)n2)cc1. The quantitative estimate of drug-likeness (QED) is 0.675. The first kappa shape index (κ1) is 20.0. The average molecular weight is 400 g/mol. The summed E-state index contributed by atoms with van der Waals surface area (Å²) in [6.45, 7) is 6.76. The summed E-state index contributed by atoms with van der Waals surface area (Å²) in [5.74, 6) is 1.32. The number of aromatic amines is 1. The summed E-state index contributed by atoms with van der Waals surface area (Å²) in [6, 6.07) is 12.3. The van der Waals surface area contributed by atoms with Crippen LogP contribution in [0.5, 0.6) is 5.75 Å². The summed E-state index contributed by atoms with van der Waals surface area (Å²) in [4.78, 5) is 23.1. The first-order valence-electron chi connectivity index (χ1n) is 8.86. The van der Waals surface area contributed by atoms with Crippen LogP contribution < -0.4 is 10.4 Å². The Labute approximate surface area is 168 Å². The van der Waals surface area contributed by atoms with E-state index in [1.54, 1.807) is 18.2 Å². The molecule has 0 bridgehead atoms. The molecule has 28 heavy (non-hydrogen) atoms. The van der Waals surface area contributed by atoms with Crippen LogP contribution in [0.25, 0.3) is 22.8 Å². The minimum atomic E-state index is -0.529. The Morgan fingerprint density at radius 1 is 1.11 bits per heavy atom. The number of hydrogen-bond acceptors (Lipinski definition) is 5. The maximum absolute atomic E-state index is 12.1. The van der Waals surface area contributed by atoms with Crippen LogP contribution in [0.4, 0.5) is 0 Å². The molecule has 1 heterocycles. The fourth-order valence-electron chi connectivity index (χ4n) is 2.49. The van der Waals surface area contributed by atoms with Crippen LogP contribution in [-0.4, -0.2) is 26.7 Å². The van der Waals surface area contributed by atoms with Crippen molar-refractivity contribution in [3.8, 4) is 28.5 Å².